The molecule has 0 radical (unpaired) electrons. The SMILES string of the molecule is Fc1c(Cl)cccc1C(Cc1ccccc1)NC1=NCCN1. The lowest BCUT2D eigenvalue weighted by Gasteiger charge is -2.21. The molecule has 1 aliphatic rings. The lowest BCUT2D eigenvalue weighted by Crippen LogP contribution is -2.37. The summed E-state index contributed by atoms with van der Waals surface area (Å²) in [5.74, 6) is 0.330. The number of rotatable bonds is 4. The summed E-state index contributed by atoms with van der Waals surface area (Å²) in [6.07, 6.45) is 0.652. The van der Waals surface area contributed by atoms with Gasteiger partial charge in [0.1, 0.15) is 5.82 Å². The number of nitrogens with one attached hydrogen (secondary N) is 2. The Labute approximate surface area is 134 Å². The van der Waals surface area contributed by atoms with Crippen molar-refractivity contribution in [3.63, 3.8) is 0 Å². The lowest BCUT2D eigenvalue weighted by molar-refractivity contribution is 0.555. The van der Waals surface area contributed by atoms with E-state index >= 15 is 0 Å². The maximum atomic E-state index is 14.4. The van der Waals surface area contributed by atoms with Gasteiger partial charge in [0.05, 0.1) is 17.6 Å². The van der Waals surface area contributed by atoms with Crippen molar-refractivity contribution in [2.75, 3.05) is 13.1 Å². The van der Waals surface area contributed by atoms with Crippen LogP contribution in [0.25, 0.3) is 0 Å². The Kier molecular flexibility index (Phi) is 4.59. The molecule has 22 heavy (non-hydrogen) atoms. The molecule has 1 heterocycles. The summed E-state index contributed by atoms with van der Waals surface area (Å²) in [7, 11) is 0. The van der Waals surface area contributed by atoms with E-state index in [-0.39, 0.29) is 16.9 Å². The second kappa shape index (κ2) is 6.79. The summed E-state index contributed by atoms with van der Waals surface area (Å²) in [5.41, 5.74) is 1.67. The molecule has 0 fully saturated rings. The molecule has 3 rings (SSSR count). The molecule has 1 unspecified atom stereocenters. The highest BCUT2D eigenvalue weighted by Gasteiger charge is 2.20. The average Bonchev–Trinajstić information content (AvgIpc) is 3.03. The Morgan fingerprint density at radius 3 is 2.73 bits per heavy atom. The fourth-order valence-corrected chi connectivity index (χ4v) is 2.72. The molecule has 0 saturated heterocycles. The molecule has 0 aromatic heterocycles. The van der Waals surface area contributed by atoms with Gasteiger partial charge in [-0.15, -0.1) is 0 Å². The number of aliphatic imine (C=N–C) groups is 1. The van der Waals surface area contributed by atoms with Crippen molar-refractivity contribution in [3.8, 4) is 0 Å². The predicted molar refractivity (Wildman–Crippen MR) is 87.7 cm³/mol. The van der Waals surface area contributed by atoms with Crippen molar-refractivity contribution in [2.45, 2.75) is 12.5 Å². The number of halogens is 2. The van der Waals surface area contributed by atoms with Crippen LogP contribution in [0.5, 0.6) is 0 Å². The second-order valence-electron chi connectivity index (χ2n) is 5.19. The molecule has 0 aliphatic carbocycles. The molecular formula is C17H17ClFN3. The van der Waals surface area contributed by atoms with Gasteiger partial charge >= 0.3 is 0 Å². The molecule has 1 aliphatic heterocycles. The van der Waals surface area contributed by atoms with Gasteiger partial charge in [0.25, 0.3) is 0 Å². The zero-order chi connectivity index (χ0) is 15.4. The Hall–Kier alpha value is -2.07. The van der Waals surface area contributed by atoms with Gasteiger partial charge in [-0.25, -0.2) is 4.39 Å². The predicted octanol–water partition coefficient (Wildman–Crippen LogP) is 3.31. The van der Waals surface area contributed by atoms with E-state index in [4.69, 9.17) is 11.6 Å². The van der Waals surface area contributed by atoms with Crippen molar-refractivity contribution in [3.05, 3.63) is 70.5 Å². The van der Waals surface area contributed by atoms with Crippen LogP contribution in [0.3, 0.4) is 0 Å². The smallest absolute Gasteiger partial charge is 0.191 e. The number of nitrogens with zero attached hydrogens (tertiary/aromatic N) is 1. The average molecular weight is 318 g/mol. The van der Waals surface area contributed by atoms with Crippen molar-refractivity contribution in [1.82, 2.24) is 10.6 Å². The zero-order valence-corrected chi connectivity index (χ0v) is 12.8. The van der Waals surface area contributed by atoms with E-state index < -0.39 is 0 Å². The summed E-state index contributed by atoms with van der Waals surface area (Å²) in [6, 6.07) is 14.8. The molecule has 0 amide bonds. The van der Waals surface area contributed by atoms with Gasteiger partial charge in [0, 0.05) is 12.1 Å². The first-order chi connectivity index (χ1) is 10.7. The van der Waals surface area contributed by atoms with E-state index in [0.717, 1.165) is 18.7 Å². The first-order valence-electron chi connectivity index (χ1n) is 7.27. The Morgan fingerprint density at radius 2 is 2.00 bits per heavy atom. The van der Waals surface area contributed by atoms with Crippen LogP contribution in [0, 0.1) is 5.82 Å². The quantitative estimate of drug-likeness (QED) is 0.907. The van der Waals surface area contributed by atoms with Crippen LogP contribution in [-0.2, 0) is 6.42 Å². The summed E-state index contributed by atoms with van der Waals surface area (Å²) in [5, 5.41) is 6.59. The third kappa shape index (κ3) is 3.39. The van der Waals surface area contributed by atoms with Crippen LogP contribution in [0.15, 0.2) is 53.5 Å². The second-order valence-corrected chi connectivity index (χ2v) is 5.59. The first-order valence-corrected chi connectivity index (χ1v) is 7.64. The summed E-state index contributed by atoms with van der Waals surface area (Å²) in [6.45, 7) is 1.54. The molecule has 2 aromatic carbocycles. The fraction of sp³-hybridized carbons (Fsp3) is 0.235. The highest BCUT2D eigenvalue weighted by Crippen LogP contribution is 2.26. The van der Waals surface area contributed by atoms with Crippen molar-refractivity contribution < 1.29 is 4.39 Å². The molecular weight excluding hydrogens is 301 g/mol. The van der Waals surface area contributed by atoms with Gasteiger partial charge in [0.15, 0.2) is 5.96 Å². The maximum Gasteiger partial charge on any atom is 0.191 e. The molecule has 0 saturated carbocycles. The van der Waals surface area contributed by atoms with Gasteiger partial charge in [0.2, 0.25) is 0 Å². The van der Waals surface area contributed by atoms with E-state index in [1.54, 1.807) is 18.2 Å². The lowest BCUT2D eigenvalue weighted by atomic mass is 9.98. The molecule has 1 atom stereocenters. The summed E-state index contributed by atoms with van der Waals surface area (Å²) >= 11 is 5.93. The number of hydrogen-bond acceptors (Lipinski definition) is 3. The molecule has 2 aromatic rings. The molecule has 3 nitrogen and oxygen atoms in total. The van der Waals surface area contributed by atoms with E-state index in [9.17, 15) is 4.39 Å². The van der Waals surface area contributed by atoms with Gasteiger partial charge in [-0.2, -0.15) is 0 Å². The molecule has 0 spiro atoms. The monoisotopic (exact) mass is 317 g/mol. The fourth-order valence-electron chi connectivity index (χ4n) is 2.54. The standard InChI is InChI=1S/C17H17ClFN3/c18-14-8-4-7-13(16(14)19)15(22-17-20-9-10-21-17)11-12-5-2-1-3-6-12/h1-8,15H,9-11H2,(H2,20,21,22). The van der Waals surface area contributed by atoms with Crippen LogP contribution in [-0.4, -0.2) is 19.0 Å². The van der Waals surface area contributed by atoms with E-state index in [1.807, 2.05) is 30.3 Å². The van der Waals surface area contributed by atoms with Gasteiger partial charge < -0.3 is 10.6 Å². The van der Waals surface area contributed by atoms with Gasteiger partial charge in [-0.3, -0.25) is 4.99 Å². The molecule has 2 N–H and O–H groups in total. The van der Waals surface area contributed by atoms with E-state index in [0.29, 0.717) is 17.9 Å². The third-order valence-electron chi connectivity index (χ3n) is 3.62. The van der Waals surface area contributed by atoms with Crippen molar-refractivity contribution in [2.24, 2.45) is 4.99 Å². The minimum atomic E-state index is -0.379. The zero-order valence-electron chi connectivity index (χ0n) is 12.0. The first kappa shape index (κ1) is 14.9. The molecule has 5 heteroatoms. The molecule has 0 bridgehead atoms. The minimum Gasteiger partial charge on any atom is -0.355 e. The topological polar surface area (TPSA) is 36.4 Å². The van der Waals surface area contributed by atoms with Crippen LogP contribution in [0.4, 0.5) is 4.39 Å². The Balaban J connectivity index is 1.89. The number of benzene rings is 2. The highest BCUT2D eigenvalue weighted by molar-refractivity contribution is 6.30. The van der Waals surface area contributed by atoms with E-state index in [1.165, 1.54) is 0 Å². The van der Waals surface area contributed by atoms with Crippen molar-refractivity contribution >= 4 is 17.6 Å². The van der Waals surface area contributed by atoms with Crippen LogP contribution < -0.4 is 10.6 Å². The third-order valence-corrected chi connectivity index (χ3v) is 3.92. The molecule has 114 valence electrons. The van der Waals surface area contributed by atoms with Crippen LogP contribution >= 0.6 is 11.6 Å². The van der Waals surface area contributed by atoms with Crippen LogP contribution in [0.2, 0.25) is 5.02 Å². The van der Waals surface area contributed by atoms with Gasteiger partial charge in [-0.05, 0) is 18.1 Å². The highest BCUT2D eigenvalue weighted by atomic mass is 35.5. The van der Waals surface area contributed by atoms with E-state index in [2.05, 4.69) is 15.6 Å². The summed E-state index contributed by atoms with van der Waals surface area (Å²) in [4.78, 5) is 4.33. The minimum absolute atomic E-state index is 0.138. The van der Waals surface area contributed by atoms with Crippen molar-refractivity contribution in [1.29, 1.82) is 0 Å². The number of guanidine groups is 1. The van der Waals surface area contributed by atoms with Crippen LogP contribution in [0.1, 0.15) is 17.2 Å². The maximum absolute atomic E-state index is 14.4. The Bertz CT molecular complexity index is 673. The number of hydrogen-bond donors (Lipinski definition) is 2. The largest absolute Gasteiger partial charge is 0.355 e. The normalized spacial score (nSPS) is 15.1. The Morgan fingerprint density at radius 1 is 1.18 bits per heavy atom. The van der Waals surface area contributed by atoms with Gasteiger partial charge in [-0.1, -0.05) is 54.1 Å². The summed E-state index contributed by atoms with van der Waals surface area (Å²) < 4.78 is 14.4.